The number of aromatic nitrogens is 1. The van der Waals surface area contributed by atoms with Gasteiger partial charge in [-0.05, 0) is 37.9 Å². The van der Waals surface area contributed by atoms with Gasteiger partial charge in [-0.15, -0.1) is 11.8 Å². The number of nitrogens with zero attached hydrogens (tertiary/aromatic N) is 1. The fourth-order valence-electron chi connectivity index (χ4n) is 1.70. The Balaban J connectivity index is 2.73. The van der Waals surface area contributed by atoms with Crippen LogP contribution in [0.2, 0.25) is 5.02 Å². The molecule has 0 bridgehead atoms. The van der Waals surface area contributed by atoms with Gasteiger partial charge in [-0.1, -0.05) is 18.5 Å². The van der Waals surface area contributed by atoms with E-state index >= 15 is 0 Å². The van der Waals surface area contributed by atoms with Crippen LogP contribution in [0.5, 0.6) is 0 Å². The van der Waals surface area contributed by atoms with E-state index in [0.717, 1.165) is 36.4 Å². The summed E-state index contributed by atoms with van der Waals surface area (Å²) in [5, 5.41) is 4.23. The third-order valence-corrected chi connectivity index (χ3v) is 2.87. The maximum Gasteiger partial charge on any atom is 0.0637 e. The molecule has 92 valence electrons. The Morgan fingerprint density at radius 1 is 1.53 bits per heavy atom. The first-order chi connectivity index (χ1) is 8.29. The molecule has 1 aromatic heterocycles. The zero-order valence-electron chi connectivity index (χ0n) is 10.5. The lowest BCUT2D eigenvalue weighted by molar-refractivity contribution is 0.505. The molecule has 0 saturated carbocycles. The Bertz CT molecular complexity index is 393. The summed E-state index contributed by atoms with van der Waals surface area (Å²) < 4.78 is 0. The average Bonchev–Trinajstić information content (AvgIpc) is 2.35. The van der Waals surface area contributed by atoms with Gasteiger partial charge in [0.05, 0.1) is 5.02 Å². The molecule has 0 amide bonds. The van der Waals surface area contributed by atoms with E-state index in [9.17, 15) is 0 Å². The van der Waals surface area contributed by atoms with E-state index in [0.29, 0.717) is 0 Å². The number of pyridine rings is 1. The van der Waals surface area contributed by atoms with E-state index in [1.54, 1.807) is 12.4 Å². The molecule has 1 unspecified atom stereocenters. The van der Waals surface area contributed by atoms with Crippen molar-refractivity contribution in [2.45, 2.75) is 39.2 Å². The first-order valence-electron chi connectivity index (χ1n) is 6.02. The number of rotatable bonds is 6. The number of hydrogen-bond acceptors (Lipinski definition) is 2. The molecular formula is C14H19ClN2. The van der Waals surface area contributed by atoms with Gasteiger partial charge in [0.15, 0.2) is 0 Å². The van der Waals surface area contributed by atoms with Crippen LogP contribution in [0.3, 0.4) is 0 Å². The highest BCUT2D eigenvalue weighted by Gasteiger charge is 2.12. The van der Waals surface area contributed by atoms with Crippen LogP contribution >= 0.6 is 11.6 Å². The molecular weight excluding hydrogens is 232 g/mol. The molecule has 0 saturated heterocycles. The Kier molecular flexibility index (Phi) is 6.69. The first kappa shape index (κ1) is 14.0. The van der Waals surface area contributed by atoms with Crippen molar-refractivity contribution in [3.63, 3.8) is 0 Å². The molecule has 0 spiro atoms. The van der Waals surface area contributed by atoms with Crippen molar-refractivity contribution in [2.24, 2.45) is 0 Å². The maximum atomic E-state index is 6.17. The highest BCUT2D eigenvalue weighted by atomic mass is 35.5. The summed E-state index contributed by atoms with van der Waals surface area (Å²) in [6, 6.07) is 2.25. The van der Waals surface area contributed by atoms with Gasteiger partial charge in [-0.2, -0.15) is 0 Å². The highest BCUT2D eigenvalue weighted by molar-refractivity contribution is 6.31. The van der Waals surface area contributed by atoms with Crippen LogP contribution in [0.15, 0.2) is 18.5 Å². The third kappa shape index (κ3) is 4.77. The van der Waals surface area contributed by atoms with E-state index in [1.165, 1.54) is 0 Å². The molecule has 1 N–H and O–H groups in total. The Morgan fingerprint density at radius 2 is 2.35 bits per heavy atom. The normalized spacial score (nSPS) is 11.7. The Hall–Kier alpha value is -1.04. The van der Waals surface area contributed by atoms with Crippen molar-refractivity contribution in [2.75, 3.05) is 6.54 Å². The second-order valence-electron chi connectivity index (χ2n) is 3.87. The quantitative estimate of drug-likeness (QED) is 0.781. The van der Waals surface area contributed by atoms with Crippen LogP contribution in [0.1, 0.15) is 44.7 Å². The van der Waals surface area contributed by atoms with Crippen LogP contribution in [-0.4, -0.2) is 11.5 Å². The van der Waals surface area contributed by atoms with Gasteiger partial charge in [0.2, 0.25) is 0 Å². The van der Waals surface area contributed by atoms with E-state index in [2.05, 4.69) is 29.1 Å². The summed E-state index contributed by atoms with van der Waals surface area (Å²) in [6.45, 7) is 5.01. The van der Waals surface area contributed by atoms with E-state index < -0.39 is 0 Å². The zero-order valence-corrected chi connectivity index (χ0v) is 11.2. The van der Waals surface area contributed by atoms with Gasteiger partial charge < -0.3 is 5.32 Å². The number of hydrogen-bond donors (Lipinski definition) is 1. The predicted molar refractivity (Wildman–Crippen MR) is 73.0 cm³/mol. The van der Waals surface area contributed by atoms with Gasteiger partial charge >= 0.3 is 0 Å². The predicted octanol–water partition coefficient (Wildman–Crippen LogP) is 3.58. The van der Waals surface area contributed by atoms with Crippen LogP contribution in [0, 0.1) is 11.8 Å². The Labute approximate surface area is 109 Å². The molecule has 1 atom stereocenters. The molecule has 0 aliphatic carbocycles. The van der Waals surface area contributed by atoms with E-state index in [-0.39, 0.29) is 6.04 Å². The smallest absolute Gasteiger partial charge is 0.0637 e. The molecule has 0 aliphatic rings. The lowest BCUT2D eigenvalue weighted by Gasteiger charge is -2.18. The zero-order chi connectivity index (χ0) is 12.5. The monoisotopic (exact) mass is 250 g/mol. The highest BCUT2D eigenvalue weighted by Crippen LogP contribution is 2.25. The fourth-order valence-corrected chi connectivity index (χ4v) is 1.95. The van der Waals surface area contributed by atoms with Crippen LogP contribution in [-0.2, 0) is 0 Å². The van der Waals surface area contributed by atoms with Gasteiger partial charge in [0.1, 0.15) is 0 Å². The molecule has 2 nitrogen and oxygen atoms in total. The van der Waals surface area contributed by atoms with Crippen molar-refractivity contribution >= 4 is 11.6 Å². The minimum atomic E-state index is 0.270. The van der Waals surface area contributed by atoms with Gasteiger partial charge in [-0.3, -0.25) is 4.98 Å². The summed E-state index contributed by atoms with van der Waals surface area (Å²) in [4.78, 5) is 4.02. The lowest BCUT2D eigenvalue weighted by Crippen LogP contribution is -2.22. The second kappa shape index (κ2) is 8.11. The lowest BCUT2D eigenvalue weighted by atomic mass is 10.0. The van der Waals surface area contributed by atoms with Gasteiger partial charge in [0, 0.05) is 24.9 Å². The van der Waals surface area contributed by atoms with E-state index in [1.807, 2.05) is 13.0 Å². The second-order valence-corrected chi connectivity index (χ2v) is 4.28. The molecule has 1 heterocycles. The number of nitrogens with one attached hydrogen (secondary N) is 1. The molecule has 1 aromatic rings. The summed E-state index contributed by atoms with van der Waals surface area (Å²) in [6.07, 6.45) is 6.45. The van der Waals surface area contributed by atoms with Gasteiger partial charge in [-0.25, -0.2) is 0 Å². The summed E-state index contributed by atoms with van der Waals surface area (Å²) in [5.74, 6) is 6.02. The van der Waals surface area contributed by atoms with Crippen molar-refractivity contribution in [3.05, 3.63) is 29.0 Å². The molecule has 3 heteroatoms. The van der Waals surface area contributed by atoms with Crippen molar-refractivity contribution in [3.8, 4) is 11.8 Å². The minimum absolute atomic E-state index is 0.270. The molecule has 1 rings (SSSR count). The molecule has 0 fully saturated rings. The Morgan fingerprint density at radius 3 is 3.00 bits per heavy atom. The minimum Gasteiger partial charge on any atom is -0.310 e. The van der Waals surface area contributed by atoms with Crippen molar-refractivity contribution < 1.29 is 0 Å². The molecule has 17 heavy (non-hydrogen) atoms. The maximum absolute atomic E-state index is 6.17. The summed E-state index contributed by atoms with van der Waals surface area (Å²) >= 11 is 6.17. The van der Waals surface area contributed by atoms with Crippen LogP contribution in [0.4, 0.5) is 0 Å². The van der Waals surface area contributed by atoms with E-state index in [4.69, 9.17) is 11.6 Å². The number of halogens is 1. The van der Waals surface area contributed by atoms with Crippen molar-refractivity contribution in [1.29, 1.82) is 0 Å². The van der Waals surface area contributed by atoms with Crippen LogP contribution < -0.4 is 5.32 Å². The average molecular weight is 251 g/mol. The molecule has 0 aliphatic heterocycles. The van der Waals surface area contributed by atoms with Crippen LogP contribution in [0.25, 0.3) is 0 Å². The molecule has 0 aromatic carbocycles. The fraction of sp³-hybridized carbons (Fsp3) is 0.500. The summed E-state index contributed by atoms with van der Waals surface area (Å²) in [5.41, 5.74) is 1.12. The topological polar surface area (TPSA) is 24.9 Å². The molecule has 0 radical (unpaired) electrons. The van der Waals surface area contributed by atoms with Gasteiger partial charge in [0.25, 0.3) is 0 Å². The standard InChI is InChI=1S/C14H19ClN2/c1-3-5-6-7-14(17-9-4-2)12-8-10-16-11-13(12)15/h8,10-11,14,17H,4,6-7,9H2,1-2H3. The largest absolute Gasteiger partial charge is 0.310 e. The first-order valence-corrected chi connectivity index (χ1v) is 6.39. The SMILES string of the molecule is CC#CCCC(NCCC)c1ccncc1Cl. The van der Waals surface area contributed by atoms with Crippen molar-refractivity contribution in [1.82, 2.24) is 10.3 Å². The summed E-state index contributed by atoms with van der Waals surface area (Å²) in [7, 11) is 0. The third-order valence-electron chi connectivity index (χ3n) is 2.55.